The Morgan fingerprint density at radius 2 is 1.76 bits per heavy atom. The van der Waals surface area contributed by atoms with Gasteiger partial charge in [-0.2, -0.15) is 0 Å². The van der Waals surface area contributed by atoms with Crippen molar-refractivity contribution in [3.05, 3.63) is 30.3 Å². The number of hydrogen-bond donors (Lipinski definition) is 1. The zero-order valence-electron chi connectivity index (χ0n) is 20.4. The van der Waals surface area contributed by atoms with Crippen LogP contribution in [0.1, 0.15) is 46.5 Å². The first-order valence-corrected chi connectivity index (χ1v) is 12.9. The van der Waals surface area contributed by atoms with Crippen molar-refractivity contribution in [3.63, 3.8) is 0 Å². The van der Waals surface area contributed by atoms with Gasteiger partial charge in [0.15, 0.2) is 11.9 Å². The maximum Gasteiger partial charge on any atom is 0.321 e. The lowest BCUT2D eigenvalue weighted by Gasteiger charge is -2.61. The number of para-hydroxylation sites is 1. The van der Waals surface area contributed by atoms with Gasteiger partial charge in [0.2, 0.25) is 5.79 Å². The van der Waals surface area contributed by atoms with Crippen LogP contribution in [0.25, 0.3) is 0 Å². The molecule has 1 aromatic rings. The fourth-order valence-electron chi connectivity index (χ4n) is 7.21. The van der Waals surface area contributed by atoms with Gasteiger partial charge in [-0.05, 0) is 50.2 Å². The summed E-state index contributed by atoms with van der Waals surface area (Å²) in [7, 11) is 0. The van der Waals surface area contributed by atoms with Crippen LogP contribution in [-0.2, 0) is 19.2 Å². The summed E-state index contributed by atoms with van der Waals surface area (Å²) in [6, 6.07) is 9.57. The quantitative estimate of drug-likeness (QED) is 0.657. The van der Waals surface area contributed by atoms with E-state index < -0.39 is 17.7 Å². The van der Waals surface area contributed by atoms with Crippen molar-refractivity contribution >= 4 is 11.7 Å². The molecule has 186 valence electrons. The van der Waals surface area contributed by atoms with E-state index in [1.165, 1.54) is 6.42 Å². The molecule has 2 amide bonds. The minimum Gasteiger partial charge on any atom is -0.331 e. The SMILES string of the molecule is C[C@H]1[C@H](N2CCN(C(=O)Nc3ccccc3)CC2)O[C@@H]2O[C@@]3(C)CC[C@H]4[C@H](C)CC[C@@H]1[C@@]24OO3. The number of nitrogens with zero attached hydrogens (tertiary/aromatic N) is 2. The molecule has 8 atom stereocenters. The topological polar surface area (TPSA) is 72.5 Å². The second-order valence-electron chi connectivity index (χ2n) is 11.1. The summed E-state index contributed by atoms with van der Waals surface area (Å²) >= 11 is 0. The number of ether oxygens (including phenoxy) is 2. The molecule has 34 heavy (non-hydrogen) atoms. The second-order valence-corrected chi connectivity index (χ2v) is 11.1. The fourth-order valence-corrected chi connectivity index (χ4v) is 7.21. The van der Waals surface area contributed by atoms with Crippen LogP contribution in [0.5, 0.6) is 0 Å². The van der Waals surface area contributed by atoms with Gasteiger partial charge in [-0.15, -0.1) is 0 Å². The van der Waals surface area contributed by atoms with Crippen LogP contribution in [0.4, 0.5) is 10.5 Å². The highest BCUT2D eigenvalue weighted by atomic mass is 17.3. The lowest BCUT2D eigenvalue weighted by molar-refractivity contribution is -0.574. The molecule has 6 aliphatic rings. The van der Waals surface area contributed by atoms with E-state index in [2.05, 4.69) is 24.1 Å². The Morgan fingerprint density at radius 3 is 2.53 bits per heavy atom. The number of urea groups is 1. The van der Waals surface area contributed by atoms with Crippen molar-refractivity contribution in [2.24, 2.45) is 23.7 Å². The van der Waals surface area contributed by atoms with Crippen LogP contribution in [0.15, 0.2) is 30.3 Å². The van der Waals surface area contributed by atoms with Crippen molar-refractivity contribution in [2.45, 2.75) is 70.4 Å². The van der Waals surface area contributed by atoms with Crippen molar-refractivity contribution in [2.75, 3.05) is 31.5 Å². The summed E-state index contributed by atoms with van der Waals surface area (Å²) in [5.74, 6) is 0.787. The highest BCUT2D eigenvalue weighted by molar-refractivity contribution is 5.89. The number of fused-ring (bicyclic) bond motifs is 2. The summed E-state index contributed by atoms with van der Waals surface area (Å²) in [6.07, 6.45) is 3.69. The van der Waals surface area contributed by atoms with Gasteiger partial charge in [0, 0.05) is 50.1 Å². The zero-order valence-corrected chi connectivity index (χ0v) is 20.4. The van der Waals surface area contributed by atoms with Gasteiger partial charge in [0.25, 0.3) is 0 Å². The first-order chi connectivity index (χ1) is 16.4. The molecule has 1 aromatic carbocycles. The van der Waals surface area contributed by atoms with Crippen LogP contribution in [0, 0.1) is 23.7 Å². The number of amides is 2. The molecule has 1 aliphatic carbocycles. The van der Waals surface area contributed by atoms with E-state index in [-0.39, 0.29) is 18.2 Å². The summed E-state index contributed by atoms with van der Waals surface area (Å²) in [5.41, 5.74) is 0.294. The maximum absolute atomic E-state index is 12.7. The number of anilines is 1. The molecular weight excluding hydrogens is 434 g/mol. The first-order valence-electron chi connectivity index (χ1n) is 12.9. The average molecular weight is 472 g/mol. The Labute approximate surface area is 201 Å². The van der Waals surface area contributed by atoms with Gasteiger partial charge in [0.1, 0.15) is 6.23 Å². The Kier molecular flexibility index (Phi) is 5.65. The lowest BCUT2D eigenvalue weighted by atomic mass is 9.58. The van der Waals surface area contributed by atoms with E-state index >= 15 is 0 Å². The summed E-state index contributed by atoms with van der Waals surface area (Å²) in [6.45, 7) is 9.50. The number of hydrogen-bond acceptors (Lipinski definition) is 6. The predicted octanol–water partition coefficient (Wildman–Crippen LogP) is 4.04. The van der Waals surface area contributed by atoms with Crippen LogP contribution in [0.2, 0.25) is 0 Å². The maximum atomic E-state index is 12.7. The summed E-state index contributed by atoms with van der Waals surface area (Å²) < 4.78 is 13.3. The van der Waals surface area contributed by atoms with Crippen LogP contribution in [0.3, 0.4) is 0 Å². The highest BCUT2D eigenvalue weighted by Gasteiger charge is 2.69. The highest BCUT2D eigenvalue weighted by Crippen LogP contribution is 2.60. The molecule has 8 nitrogen and oxygen atoms in total. The van der Waals surface area contributed by atoms with E-state index in [0.29, 0.717) is 30.8 Å². The standard InChI is InChI=1S/C26H37N3O5/c1-17-9-10-21-18(2)22(31-23-26(21)20(17)11-12-25(3,32-23)33-34-26)28-13-15-29(16-14-28)24(30)27-19-7-5-4-6-8-19/h4-8,17-18,20-23H,9-16H2,1-3H3,(H,27,30)/t17-,18-,20+,21+,22-,23-,25-,26-/m1/s1. The molecule has 1 saturated carbocycles. The third-order valence-electron chi connectivity index (χ3n) is 9.11. The van der Waals surface area contributed by atoms with Gasteiger partial charge in [-0.25, -0.2) is 14.6 Å². The molecular formula is C26H37N3O5. The van der Waals surface area contributed by atoms with Crippen molar-refractivity contribution in [1.29, 1.82) is 0 Å². The third kappa shape index (κ3) is 3.57. The summed E-state index contributed by atoms with van der Waals surface area (Å²) in [5, 5.41) is 3.00. The minimum absolute atomic E-state index is 0.0468. The molecule has 7 rings (SSSR count). The van der Waals surface area contributed by atoms with E-state index in [4.69, 9.17) is 19.2 Å². The van der Waals surface area contributed by atoms with Gasteiger partial charge < -0.3 is 19.7 Å². The Bertz CT molecular complexity index is 909. The van der Waals surface area contributed by atoms with Gasteiger partial charge >= 0.3 is 6.03 Å². The van der Waals surface area contributed by atoms with Crippen LogP contribution >= 0.6 is 0 Å². The largest absolute Gasteiger partial charge is 0.331 e. The Morgan fingerprint density at radius 1 is 1.00 bits per heavy atom. The van der Waals surface area contributed by atoms with E-state index in [1.54, 1.807) is 0 Å². The molecule has 0 unspecified atom stereocenters. The van der Waals surface area contributed by atoms with Crippen LogP contribution in [-0.4, -0.2) is 65.9 Å². The van der Waals surface area contributed by atoms with Crippen LogP contribution < -0.4 is 5.32 Å². The van der Waals surface area contributed by atoms with Crippen molar-refractivity contribution < 1.29 is 24.0 Å². The molecule has 8 heteroatoms. The number of piperazine rings is 1. The summed E-state index contributed by atoms with van der Waals surface area (Å²) in [4.78, 5) is 29.2. The molecule has 0 radical (unpaired) electrons. The molecule has 5 saturated heterocycles. The average Bonchev–Trinajstić information content (AvgIpc) is 3.08. The van der Waals surface area contributed by atoms with Gasteiger partial charge in [-0.3, -0.25) is 4.90 Å². The number of carbonyl (C=O) groups excluding carboxylic acids is 1. The molecule has 5 heterocycles. The Hall–Kier alpha value is -1.71. The van der Waals surface area contributed by atoms with Crippen molar-refractivity contribution in [3.8, 4) is 0 Å². The molecule has 5 aliphatic heterocycles. The Balaban J connectivity index is 1.16. The number of nitrogens with one attached hydrogen (secondary N) is 1. The minimum atomic E-state index is -0.753. The third-order valence-corrected chi connectivity index (χ3v) is 9.11. The first kappa shape index (κ1) is 22.7. The van der Waals surface area contributed by atoms with Gasteiger partial charge in [-0.1, -0.05) is 32.0 Å². The zero-order chi connectivity index (χ0) is 23.5. The normalized spacial score (nSPS) is 44.3. The van der Waals surface area contributed by atoms with E-state index in [0.717, 1.165) is 38.0 Å². The number of benzene rings is 1. The molecule has 1 N–H and O–H groups in total. The molecule has 2 bridgehead atoms. The fraction of sp³-hybridized carbons (Fsp3) is 0.731. The second kappa shape index (κ2) is 8.45. The smallest absolute Gasteiger partial charge is 0.321 e. The lowest BCUT2D eigenvalue weighted by Crippen LogP contribution is -2.72. The molecule has 6 fully saturated rings. The predicted molar refractivity (Wildman–Crippen MR) is 125 cm³/mol. The van der Waals surface area contributed by atoms with E-state index in [9.17, 15) is 4.79 Å². The monoisotopic (exact) mass is 471 g/mol. The molecule has 1 spiro atoms. The van der Waals surface area contributed by atoms with E-state index in [1.807, 2.05) is 42.2 Å². The van der Waals surface area contributed by atoms with Crippen molar-refractivity contribution in [1.82, 2.24) is 9.80 Å². The van der Waals surface area contributed by atoms with Gasteiger partial charge in [0.05, 0.1) is 0 Å². The number of rotatable bonds is 2. The molecule has 0 aromatic heterocycles. The number of carbonyl (C=O) groups is 1.